The van der Waals surface area contributed by atoms with E-state index in [2.05, 4.69) is 26.3 Å². The molecule has 3 aromatic rings. The number of aliphatic hydroxyl groups is 2. The molecule has 0 radical (unpaired) electrons. The number of alkyl halides is 1. The first-order chi connectivity index (χ1) is 22.6. The van der Waals surface area contributed by atoms with Gasteiger partial charge in [-0.25, -0.2) is 9.97 Å². The number of carbonyl (C=O) groups excluding carboxylic acids is 1. The Morgan fingerprint density at radius 3 is 2.77 bits per heavy atom. The van der Waals surface area contributed by atoms with Crippen LogP contribution in [0.15, 0.2) is 48.7 Å². The predicted octanol–water partition coefficient (Wildman–Crippen LogP) is 3.35. The number of likely N-dealkylation sites (tertiary alicyclic amines) is 1. The van der Waals surface area contributed by atoms with Crippen LogP contribution in [0.3, 0.4) is 0 Å². The van der Waals surface area contributed by atoms with Crippen molar-refractivity contribution in [2.75, 3.05) is 39.9 Å². The van der Waals surface area contributed by atoms with E-state index >= 15 is 0 Å². The van der Waals surface area contributed by atoms with E-state index in [1.807, 2.05) is 48.3 Å². The van der Waals surface area contributed by atoms with Gasteiger partial charge in [-0.15, -0.1) is 11.6 Å². The number of fused-ring (bicyclic) bond motifs is 1. The van der Waals surface area contributed by atoms with Crippen molar-refractivity contribution in [1.82, 2.24) is 30.1 Å². The molecule has 1 saturated heterocycles. The molecule has 2 atom stereocenters. The number of nitrogens with one attached hydrogen (secondary N) is 1. The van der Waals surface area contributed by atoms with Gasteiger partial charge in [0.1, 0.15) is 11.4 Å². The fraction of sp³-hybridized carbons (Fsp3) is 0.382. The largest absolute Gasteiger partial charge is 0.480 e. The number of aliphatic hydroxyl groups excluding tert-OH is 2. The van der Waals surface area contributed by atoms with Crippen LogP contribution < -0.4 is 10.1 Å². The molecule has 244 valence electrons. The zero-order valence-electron chi connectivity index (χ0n) is 26.1. The summed E-state index contributed by atoms with van der Waals surface area (Å²) >= 11 is 14.2. The fourth-order valence-electron chi connectivity index (χ4n) is 6.26. The van der Waals surface area contributed by atoms with Gasteiger partial charge in [0.15, 0.2) is 0 Å². The Balaban J connectivity index is 1.24. The third-order valence-corrected chi connectivity index (χ3v) is 9.93. The minimum atomic E-state index is -1.02. The second-order valence-corrected chi connectivity index (χ2v) is 13.0. The summed E-state index contributed by atoms with van der Waals surface area (Å²) < 4.78 is 5.55. The number of halogens is 2. The average Bonchev–Trinajstić information content (AvgIpc) is 3.05. The number of allylic oxidation sites excluding steroid dienone is 2. The van der Waals surface area contributed by atoms with Gasteiger partial charge in [-0.2, -0.15) is 5.26 Å². The molecule has 1 fully saturated rings. The Morgan fingerprint density at radius 2 is 2.04 bits per heavy atom. The first-order valence-electron chi connectivity index (χ1n) is 15.4. The SMILES string of the molecule is COc1nc(-c2cccc(C3=CC=CC(C)(NC(=O)c4cc(C#N)c5c(n4)CN(CCO)CC5)C3Cl)c2Cl)cnc1CN1CC(O)C1. The maximum Gasteiger partial charge on any atom is 0.270 e. The third-order valence-electron chi connectivity index (χ3n) is 8.83. The number of nitriles is 1. The second-order valence-electron chi connectivity index (χ2n) is 12.1. The number of hydrogen-bond acceptors (Lipinski definition) is 10. The maximum absolute atomic E-state index is 13.7. The van der Waals surface area contributed by atoms with Crippen LogP contribution >= 0.6 is 23.2 Å². The molecule has 0 bridgehead atoms. The molecular weight excluding hydrogens is 641 g/mol. The molecular formula is C34H35Cl2N7O4. The average molecular weight is 677 g/mol. The number of amides is 1. The van der Waals surface area contributed by atoms with Crippen LogP contribution in [0.1, 0.15) is 45.5 Å². The molecule has 11 nitrogen and oxygen atoms in total. The molecule has 1 aliphatic carbocycles. The van der Waals surface area contributed by atoms with E-state index in [9.17, 15) is 20.3 Å². The van der Waals surface area contributed by atoms with Crippen LogP contribution in [-0.4, -0.2) is 97.8 Å². The third kappa shape index (κ3) is 6.63. The summed E-state index contributed by atoms with van der Waals surface area (Å²) in [5.74, 6) is -0.0789. The Morgan fingerprint density at radius 1 is 1.26 bits per heavy atom. The molecule has 2 unspecified atom stereocenters. The Hall–Kier alpha value is -3.89. The molecule has 2 aliphatic heterocycles. The molecule has 47 heavy (non-hydrogen) atoms. The smallest absolute Gasteiger partial charge is 0.270 e. The second kappa shape index (κ2) is 13.7. The maximum atomic E-state index is 13.7. The van der Waals surface area contributed by atoms with E-state index in [4.69, 9.17) is 32.9 Å². The zero-order chi connectivity index (χ0) is 33.3. The summed E-state index contributed by atoms with van der Waals surface area (Å²) in [6, 6.07) is 9.32. The molecule has 3 aliphatic rings. The highest BCUT2D eigenvalue weighted by Crippen LogP contribution is 2.41. The van der Waals surface area contributed by atoms with E-state index in [0.717, 1.165) is 5.56 Å². The number of benzene rings is 1. The van der Waals surface area contributed by atoms with Crippen molar-refractivity contribution >= 4 is 34.7 Å². The zero-order valence-corrected chi connectivity index (χ0v) is 27.6. The number of carbonyl (C=O) groups is 1. The van der Waals surface area contributed by atoms with Gasteiger partial charge in [-0.1, -0.05) is 48.0 Å². The minimum absolute atomic E-state index is 0.0182. The standard InChI is InChI=1S/C34H35Cl2N7O4/c1-34(41-32(46)26-13-20(14-37)22-8-10-42(11-12-44)18-28(22)39-26)9-4-7-24(31(34)36)23-5-3-6-25(30(23)35)27-15-38-29(33(40-27)47-2)19-43-16-21(45)17-43/h3-7,9,13,15,21,31,44-45H,8,10-12,16-19H2,1-2H3,(H,41,46). The first kappa shape index (κ1) is 33.0. The van der Waals surface area contributed by atoms with Gasteiger partial charge >= 0.3 is 0 Å². The quantitative estimate of drug-likeness (QED) is 0.289. The summed E-state index contributed by atoms with van der Waals surface area (Å²) in [5.41, 5.74) is 4.24. The molecule has 13 heteroatoms. The summed E-state index contributed by atoms with van der Waals surface area (Å²) in [5, 5.41) is 31.6. The van der Waals surface area contributed by atoms with Crippen molar-refractivity contribution in [2.45, 2.75) is 43.5 Å². The lowest BCUT2D eigenvalue weighted by molar-refractivity contribution is -0.00403. The molecule has 2 aromatic heterocycles. The Kier molecular flexibility index (Phi) is 9.62. The molecule has 6 rings (SSSR count). The summed E-state index contributed by atoms with van der Waals surface area (Å²) in [4.78, 5) is 31.7. The van der Waals surface area contributed by atoms with Gasteiger partial charge in [0.05, 0.1) is 65.0 Å². The van der Waals surface area contributed by atoms with Crippen molar-refractivity contribution in [3.05, 3.63) is 87.5 Å². The highest BCUT2D eigenvalue weighted by atomic mass is 35.5. The number of β-amino-alcohol motifs (C(OH)–C–C–N with tert-alkyl or cyclic N) is 2. The monoisotopic (exact) mass is 675 g/mol. The molecule has 1 aromatic carbocycles. The normalized spacial score (nSPS) is 21.4. The number of pyridine rings is 1. The predicted molar refractivity (Wildman–Crippen MR) is 178 cm³/mol. The van der Waals surface area contributed by atoms with E-state index in [0.29, 0.717) is 95.9 Å². The fourth-order valence-corrected chi connectivity index (χ4v) is 6.91. The van der Waals surface area contributed by atoms with E-state index < -0.39 is 16.8 Å². The van der Waals surface area contributed by atoms with Gasteiger partial charge in [0, 0.05) is 44.8 Å². The minimum Gasteiger partial charge on any atom is -0.480 e. The van der Waals surface area contributed by atoms with Crippen LogP contribution in [0, 0.1) is 11.3 Å². The van der Waals surface area contributed by atoms with Crippen molar-refractivity contribution in [3.8, 4) is 23.2 Å². The lowest BCUT2D eigenvalue weighted by atomic mass is 9.83. The molecule has 3 N–H and O–H groups in total. The molecule has 1 amide bonds. The van der Waals surface area contributed by atoms with Gasteiger partial charge < -0.3 is 20.3 Å². The summed E-state index contributed by atoms with van der Waals surface area (Å²) in [7, 11) is 1.54. The number of ether oxygens (including phenoxy) is 1. The first-order valence-corrected chi connectivity index (χ1v) is 16.2. The number of hydrogen-bond donors (Lipinski definition) is 3. The summed E-state index contributed by atoms with van der Waals surface area (Å²) in [6.45, 7) is 5.17. The van der Waals surface area contributed by atoms with E-state index in [-0.39, 0.29) is 18.4 Å². The number of nitrogens with zero attached hydrogens (tertiary/aromatic N) is 6. The molecule has 4 heterocycles. The van der Waals surface area contributed by atoms with Crippen LogP contribution in [-0.2, 0) is 19.5 Å². The molecule has 0 saturated carbocycles. The van der Waals surface area contributed by atoms with Crippen LogP contribution in [0.2, 0.25) is 5.02 Å². The number of methoxy groups -OCH3 is 1. The van der Waals surface area contributed by atoms with Gasteiger partial charge in [0.25, 0.3) is 5.91 Å². The number of aromatic nitrogens is 3. The van der Waals surface area contributed by atoms with Crippen molar-refractivity contribution in [2.24, 2.45) is 0 Å². The van der Waals surface area contributed by atoms with Crippen molar-refractivity contribution in [3.63, 3.8) is 0 Å². The van der Waals surface area contributed by atoms with E-state index in [1.165, 1.54) is 6.07 Å². The number of rotatable bonds is 9. The van der Waals surface area contributed by atoms with Crippen LogP contribution in [0.25, 0.3) is 16.8 Å². The Labute approximate surface area is 283 Å². The topological polar surface area (TPSA) is 148 Å². The van der Waals surface area contributed by atoms with E-state index in [1.54, 1.807) is 13.3 Å². The Bertz CT molecular complexity index is 1800. The van der Waals surface area contributed by atoms with Gasteiger partial charge in [-0.05, 0) is 36.1 Å². The summed E-state index contributed by atoms with van der Waals surface area (Å²) in [6.07, 6.45) is 7.48. The van der Waals surface area contributed by atoms with Gasteiger partial charge in [0.2, 0.25) is 5.88 Å². The van der Waals surface area contributed by atoms with Crippen LogP contribution in [0.5, 0.6) is 5.88 Å². The lowest BCUT2D eigenvalue weighted by Gasteiger charge is -2.36. The van der Waals surface area contributed by atoms with Crippen molar-refractivity contribution in [1.29, 1.82) is 5.26 Å². The highest BCUT2D eigenvalue weighted by molar-refractivity contribution is 6.36. The lowest BCUT2D eigenvalue weighted by Crippen LogP contribution is -2.52. The van der Waals surface area contributed by atoms with Crippen LogP contribution in [0.4, 0.5) is 0 Å². The van der Waals surface area contributed by atoms with Crippen molar-refractivity contribution < 1.29 is 19.7 Å². The highest BCUT2D eigenvalue weighted by Gasteiger charge is 2.38. The van der Waals surface area contributed by atoms with Gasteiger partial charge in [-0.3, -0.25) is 19.6 Å². The molecule has 0 spiro atoms.